The van der Waals surface area contributed by atoms with Gasteiger partial charge in [-0.2, -0.15) is 0 Å². The zero-order chi connectivity index (χ0) is 13.7. The van der Waals surface area contributed by atoms with Crippen LogP contribution < -0.4 is 5.32 Å². The molecular formula is C14H14N2O3. The van der Waals surface area contributed by atoms with Gasteiger partial charge < -0.3 is 15.2 Å². The van der Waals surface area contributed by atoms with Crippen molar-refractivity contribution in [2.45, 2.75) is 6.10 Å². The summed E-state index contributed by atoms with van der Waals surface area (Å²) < 4.78 is 5.19. The highest BCUT2D eigenvalue weighted by Gasteiger charge is 2.21. The molecule has 0 aliphatic heterocycles. The van der Waals surface area contributed by atoms with Gasteiger partial charge >= 0.3 is 0 Å². The van der Waals surface area contributed by atoms with Gasteiger partial charge in [0.15, 0.2) is 17.7 Å². The molecule has 0 spiro atoms. The molecule has 0 bridgehead atoms. The lowest BCUT2D eigenvalue weighted by Crippen LogP contribution is -2.23. The molecule has 98 valence electrons. The van der Waals surface area contributed by atoms with E-state index in [2.05, 4.69) is 10.3 Å². The lowest BCUT2D eigenvalue weighted by atomic mass is 10.1. The molecule has 2 rings (SSSR count). The zero-order valence-electron chi connectivity index (χ0n) is 10.4. The Balaban J connectivity index is 2.17. The van der Waals surface area contributed by atoms with Crippen LogP contribution in [-0.4, -0.2) is 23.1 Å². The first-order valence-corrected chi connectivity index (χ1v) is 5.75. The minimum absolute atomic E-state index is 0.0845. The number of carbonyl (C=O) groups is 1. The topological polar surface area (TPSA) is 71.5 Å². The average Bonchev–Trinajstić information content (AvgIpc) is 2.43. The number of hydrogen-bond acceptors (Lipinski definition) is 4. The van der Waals surface area contributed by atoms with E-state index in [4.69, 9.17) is 4.74 Å². The number of aromatic nitrogens is 1. The Morgan fingerprint density at radius 3 is 2.63 bits per heavy atom. The van der Waals surface area contributed by atoms with Crippen molar-refractivity contribution < 1.29 is 14.6 Å². The second-order valence-corrected chi connectivity index (χ2v) is 3.89. The van der Waals surface area contributed by atoms with Crippen LogP contribution in [0.1, 0.15) is 11.7 Å². The quantitative estimate of drug-likeness (QED) is 0.881. The first kappa shape index (κ1) is 13.0. The van der Waals surface area contributed by atoms with Crippen LogP contribution in [-0.2, 0) is 9.53 Å². The van der Waals surface area contributed by atoms with Gasteiger partial charge in [0.1, 0.15) is 0 Å². The summed E-state index contributed by atoms with van der Waals surface area (Å²) in [5.41, 5.74) is 0.734. The number of nitrogens with one attached hydrogen (secondary N) is 1. The van der Waals surface area contributed by atoms with E-state index in [-0.39, 0.29) is 17.5 Å². The molecule has 0 saturated heterocycles. The van der Waals surface area contributed by atoms with Gasteiger partial charge in [-0.25, -0.2) is 4.98 Å². The van der Waals surface area contributed by atoms with Crippen LogP contribution in [0.5, 0.6) is 5.75 Å². The van der Waals surface area contributed by atoms with Crippen LogP contribution in [0.3, 0.4) is 0 Å². The smallest absolute Gasteiger partial charge is 0.259 e. The van der Waals surface area contributed by atoms with Crippen molar-refractivity contribution in [3.8, 4) is 5.75 Å². The second-order valence-electron chi connectivity index (χ2n) is 3.89. The number of nitrogens with zero attached hydrogens (tertiary/aromatic N) is 1. The summed E-state index contributed by atoms with van der Waals surface area (Å²) in [7, 11) is 1.45. The summed E-state index contributed by atoms with van der Waals surface area (Å²) in [6, 6.07) is 12.1. The van der Waals surface area contributed by atoms with Crippen molar-refractivity contribution in [1.82, 2.24) is 4.98 Å². The van der Waals surface area contributed by atoms with Gasteiger partial charge in [0, 0.05) is 13.3 Å². The van der Waals surface area contributed by atoms with E-state index in [0.717, 1.165) is 5.56 Å². The molecule has 1 amide bonds. The molecule has 0 radical (unpaired) electrons. The normalized spacial score (nSPS) is 11.8. The predicted molar refractivity (Wildman–Crippen MR) is 70.7 cm³/mol. The predicted octanol–water partition coefficient (Wildman–Crippen LogP) is 2.11. The number of methoxy groups -OCH3 is 1. The highest BCUT2D eigenvalue weighted by molar-refractivity contribution is 5.95. The van der Waals surface area contributed by atoms with E-state index in [9.17, 15) is 9.90 Å². The number of amides is 1. The fourth-order valence-electron chi connectivity index (χ4n) is 1.70. The highest BCUT2D eigenvalue weighted by Crippen LogP contribution is 2.22. The molecule has 1 aromatic carbocycles. The molecule has 0 fully saturated rings. The number of ether oxygens (including phenoxy) is 1. The van der Waals surface area contributed by atoms with Crippen LogP contribution in [0.15, 0.2) is 48.7 Å². The van der Waals surface area contributed by atoms with Gasteiger partial charge in [0.2, 0.25) is 0 Å². The number of aromatic hydroxyl groups is 1. The third-order valence-corrected chi connectivity index (χ3v) is 2.60. The molecule has 19 heavy (non-hydrogen) atoms. The Morgan fingerprint density at radius 1 is 1.26 bits per heavy atom. The van der Waals surface area contributed by atoms with Crippen LogP contribution in [0.25, 0.3) is 0 Å². The Labute approximate surface area is 110 Å². The monoisotopic (exact) mass is 258 g/mol. The van der Waals surface area contributed by atoms with Gasteiger partial charge in [0.05, 0.1) is 0 Å². The lowest BCUT2D eigenvalue weighted by Gasteiger charge is -2.15. The van der Waals surface area contributed by atoms with E-state index in [1.54, 1.807) is 18.2 Å². The molecule has 0 unspecified atom stereocenters. The summed E-state index contributed by atoms with van der Waals surface area (Å²) in [4.78, 5) is 16.0. The molecule has 0 saturated carbocycles. The van der Waals surface area contributed by atoms with Gasteiger partial charge in [-0.3, -0.25) is 4.79 Å². The Hall–Kier alpha value is -2.40. The zero-order valence-corrected chi connectivity index (χ0v) is 10.4. The summed E-state index contributed by atoms with van der Waals surface area (Å²) >= 11 is 0. The Kier molecular flexibility index (Phi) is 4.10. The van der Waals surface area contributed by atoms with Crippen LogP contribution in [0, 0.1) is 0 Å². The summed E-state index contributed by atoms with van der Waals surface area (Å²) in [6.07, 6.45) is 0.738. The highest BCUT2D eigenvalue weighted by atomic mass is 16.5. The van der Waals surface area contributed by atoms with Crippen LogP contribution >= 0.6 is 0 Å². The molecule has 0 aliphatic carbocycles. The number of pyridine rings is 1. The molecule has 2 aromatic rings. The van der Waals surface area contributed by atoms with Gasteiger partial charge in [-0.05, 0) is 17.7 Å². The van der Waals surface area contributed by atoms with Gasteiger partial charge in [-0.15, -0.1) is 0 Å². The number of benzene rings is 1. The third-order valence-electron chi connectivity index (χ3n) is 2.60. The molecular weight excluding hydrogens is 244 g/mol. The molecule has 2 N–H and O–H groups in total. The largest absolute Gasteiger partial charge is 0.504 e. The molecule has 1 atom stereocenters. The van der Waals surface area contributed by atoms with Crippen LogP contribution in [0.2, 0.25) is 0 Å². The fourth-order valence-corrected chi connectivity index (χ4v) is 1.70. The van der Waals surface area contributed by atoms with E-state index in [1.807, 2.05) is 18.2 Å². The maximum atomic E-state index is 12.1. The number of anilines is 1. The standard InChI is InChI=1S/C14H14N2O3/c1-19-12(10-6-3-2-4-7-10)14(18)16-13-11(17)8-5-9-15-13/h2-9,12,17H,1H3,(H,15,16,18)/t12-/m0/s1. The summed E-state index contributed by atoms with van der Waals surface area (Å²) in [5, 5.41) is 12.1. The summed E-state index contributed by atoms with van der Waals surface area (Å²) in [6.45, 7) is 0. The maximum Gasteiger partial charge on any atom is 0.259 e. The second kappa shape index (κ2) is 5.97. The molecule has 1 heterocycles. The maximum absolute atomic E-state index is 12.1. The number of carbonyl (C=O) groups excluding carboxylic acids is 1. The van der Waals surface area contributed by atoms with Gasteiger partial charge in [0.25, 0.3) is 5.91 Å². The first-order valence-electron chi connectivity index (χ1n) is 5.75. The third kappa shape index (κ3) is 3.08. The number of rotatable bonds is 4. The Morgan fingerprint density at radius 2 is 2.00 bits per heavy atom. The molecule has 1 aromatic heterocycles. The minimum atomic E-state index is -0.748. The molecule has 5 nitrogen and oxygen atoms in total. The van der Waals surface area contributed by atoms with Crippen molar-refractivity contribution in [1.29, 1.82) is 0 Å². The van der Waals surface area contributed by atoms with Crippen molar-refractivity contribution in [3.05, 3.63) is 54.2 Å². The Bertz CT molecular complexity index is 558. The van der Waals surface area contributed by atoms with Crippen molar-refractivity contribution in [2.24, 2.45) is 0 Å². The minimum Gasteiger partial charge on any atom is -0.504 e. The van der Waals surface area contributed by atoms with E-state index < -0.39 is 6.10 Å². The summed E-state index contributed by atoms with van der Waals surface area (Å²) in [5.74, 6) is -0.355. The SMILES string of the molecule is CO[C@H](C(=O)Nc1ncccc1O)c1ccccc1. The van der Waals surface area contributed by atoms with Crippen molar-refractivity contribution in [3.63, 3.8) is 0 Å². The lowest BCUT2D eigenvalue weighted by molar-refractivity contribution is -0.126. The first-order chi connectivity index (χ1) is 9.22. The van der Waals surface area contributed by atoms with Crippen molar-refractivity contribution in [2.75, 3.05) is 12.4 Å². The van der Waals surface area contributed by atoms with Crippen LogP contribution in [0.4, 0.5) is 5.82 Å². The average molecular weight is 258 g/mol. The fraction of sp³-hybridized carbons (Fsp3) is 0.143. The number of hydrogen-bond donors (Lipinski definition) is 2. The van der Waals surface area contributed by atoms with E-state index in [0.29, 0.717) is 0 Å². The van der Waals surface area contributed by atoms with Gasteiger partial charge in [-0.1, -0.05) is 30.3 Å². The van der Waals surface area contributed by atoms with Crippen molar-refractivity contribution >= 4 is 11.7 Å². The molecule has 5 heteroatoms. The van der Waals surface area contributed by atoms with E-state index >= 15 is 0 Å². The van der Waals surface area contributed by atoms with E-state index in [1.165, 1.54) is 19.4 Å². The molecule has 0 aliphatic rings.